The summed E-state index contributed by atoms with van der Waals surface area (Å²) < 4.78 is 17.2. The zero-order valence-corrected chi connectivity index (χ0v) is 8.68. The smallest absolute Gasteiger partial charge is 0.118 e. The third-order valence-corrected chi connectivity index (χ3v) is 1.81. The second-order valence-electron chi connectivity index (χ2n) is 2.57. The Morgan fingerprint density at radius 2 is 2.00 bits per heavy atom. The number of halogens is 2. The van der Waals surface area contributed by atoms with Gasteiger partial charge < -0.3 is 10.5 Å². The van der Waals surface area contributed by atoms with Gasteiger partial charge in [-0.25, -0.2) is 4.39 Å². The third-order valence-electron chi connectivity index (χ3n) is 1.81. The Hall–Kier alpha value is -1.06. The van der Waals surface area contributed by atoms with Gasteiger partial charge in [0.2, 0.25) is 0 Å². The Bertz CT molecular complexity index is 297. The number of nitrogens with two attached hydrogens (primary N) is 1. The fraction of sp³-hybridized carbons (Fsp3) is 0.200. The molecule has 78 valence electrons. The first-order valence-electron chi connectivity index (χ1n) is 3.95. The maximum atomic E-state index is 12.3. The van der Waals surface area contributed by atoms with Crippen LogP contribution in [0.3, 0.4) is 0 Å². The molecule has 0 unspecified atom stereocenters. The van der Waals surface area contributed by atoms with Crippen LogP contribution in [0.4, 0.5) is 4.39 Å². The first kappa shape index (κ1) is 12.9. The normalized spacial score (nSPS) is 10.6. The summed E-state index contributed by atoms with van der Waals surface area (Å²) in [5, 5.41) is 0. The third kappa shape index (κ3) is 3.01. The number of methoxy groups -OCH3 is 1. The molecule has 1 aromatic carbocycles. The molecule has 2 nitrogen and oxygen atoms in total. The average molecular weight is 218 g/mol. The summed E-state index contributed by atoms with van der Waals surface area (Å²) >= 11 is 0. The van der Waals surface area contributed by atoms with Crippen LogP contribution in [0.1, 0.15) is 5.56 Å². The number of hydrogen-bond acceptors (Lipinski definition) is 2. The van der Waals surface area contributed by atoms with E-state index >= 15 is 0 Å². The van der Waals surface area contributed by atoms with E-state index in [0.717, 1.165) is 11.3 Å². The fourth-order valence-corrected chi connectivity index (χ4v) is 1.03. The average Bonchev–Trinajstić information content (AvgIpc) is 2.21. The van der Waals surface area contributed by atoms with Crippen molar-refractivity contribution in [3.05, 3.63) is 36.2 Å². The van der Waals surface area contributed by atoms with Crippen LogP contribution < -0.4 is 10.5 Å². The van der Waals surface area contributed by atoms with E-state index in [0.29, 0.717) is 11.9 Å². The molecule has 1 aromatic rings. The minimum Gasteiger partial charge on any atom is -0.497 e. The number of rotatable bonds is 3. The summed E-state index contributed by atoms with van der Waals surface area (Å²) in [6.07, 6.45) is 0.530. The highest BCUT2D eigenvalue weighted by atomic mass is 35.5. The topological polar surface area (TPSA) is 35.2 Å². The first-order valence-corrected chi connectivity index (χ1v) is 3.95. The summed E-state index contributed by atoms with van der Waals surface area (Å²) in [5.74, 6) is 0.749. The highest BCUT2D eigenvalue weighted by molar-refractivity contribution is 5.85. The van der Waals surface area contributed by atoms with Gasteiger partial charge in [-0.2, -0.15) is 0 Å². The molecule has 0 aromatic heterocycles. The molecule has 0 radical (unpaired) electrons. The zero-order chi connectivity index (χ0) is 9.68. The highest BCUT2D eigenvalue weighted by Gasteiger charge is 1.99. The summed E-state index contributed by atoms with van der Waals surface area (Å²) in [4.78, 5) is 0. The van der Waals surface area contributed by atoms with Crippen molar-refractivity contribution in [3.8, 4) is 5.75 Å². The number of hydrogen-bond donors (Lipinski definition) is 1. The van der Waals surface area contributed by atoms with Crippen LogP contribution in [0.2, 0.25) is 0 Å². The zero-order valence-electron chi connectivity index (χ0n) is 7.87. The molecule has 0 aliphatic heterocycles. The van der Waals surface area contributed by atoms with E-state index in [1.165, 1.54) is 0 Å². The lowest BCUT2D eigenvalue weighted by atomic mass is 10.1. The van der Waals surface area contributed by atoms with E-state index in [2.05, 4.69) is 0 Å². The van der Waals surface area contributed by atoms with Crippen LogP contribution in [-0.2, 0) is 0 Å². The van der Waals surface area contributed by atoms with Crippen LogP contribution in [0, 0.1) is 0 Å². The quantitative estimate of drug-likeness (QED) is 0.844. The SMILES string of the molecule is COc1ccc(/C(=C/F)CN)cc1.Cl. The number of benzene rings is 1. The molecule has 0 aliphatic rings. The fourth-order valence-electron chi connectivity index (χ4n) is 1.03. The maximum absolute atomic E-state index is 12.3. The Morgan fingerprint density at radius 3 is 2.36 bits per heavy atom. The van der Waals surface area contributed by atoms with Crippen molar-refractivity contribution >= 4 is 18.0 Å². The monoisotopic (exact) mass is 217 g/mol. The lowest BCUT2D eigenvalue weighted by Crippen LogP contribution is -2.01. The maximum Gasteiger partial charge on any atom is 0.118 e. The van der Waals surface area contributed by atoms with Crippen LogP contribution in [-0.4, -0.2) is 13.7 Å². The van der Waals surface area contributed by atoms with E-state index in [1.807, 2.05) is 0 Å². The number of ether oxygens (including phenoxy) is 1. The lowest BCUT2D eigenvalue weighted by Gasteiger charge is -2.03. The summed E-state index contributed by atoms with van der Waals surface area (Å²) in [6, 6.07) is 7.09. The molecule has 4 heteroatoms. The standard InChI is InChI=1S/C10H12FNO.ClH/c1-13-10-4-2-8(3-5-10)9(6-11)7-12;/h2-6H,7,12H2,1H3;1H/b9-6+;. The van der Waals surface area contributed by atoms with Crippen LogP contribution in [0.5, 0.6) is 5.75 Å². The van der Waals surface area contributed by atoms with E-state index in [-0.39, 0.29) is 19.0 Å². The van der Waals surface area contributed by atoms with Crippen LogP contribution in [0.15, 0.2) is 30.6 Å². The van der Waals surface area contributed by atoms with Gasteiger partial charge in [-0.15, -0.1) is 12.4 Å². The van der Waals surface area contributed by atoms with Gasteiger partial charge in [0.05, 0.1) is 13.4 Å². The molecule has 0 aliphatic carbocycles. The van der Waals surface area contributed by atoms with Crippen molar-refractivity contribution in [3.63, 3.8) is 0 Å². The second-order valence-corrected chi connectivity index (χ2v) is 2.57. The summed E-state index contributed by atoms with van der Waals surface area (Å²) in [5.41, 5.74) is 6.62. The van der Waals surface area contributed by atoms with Gasteiger partial charge >= 0.3 is 0 Å². The molecule has 0 fully saturated rings. The first-order chi connectivity index (χ1) is 6.31. The van der Waals surface area contributed by atoms with Crippen molar-refractivity contribution < 1.29 is 9.13 Å². The molecule has 0 amide bonds. The van der Waals surface area contributed by atoms with Crippen molar-refractivity contribution in [2.75, 3.05) is 13.7 Å². The van der Waals surface area contributed by atoms with Gasteiger partial charge in [-0.05, 0) is 17.7 Å². The van der Waals surface area contributed by atoms with Gasteiger partial charge in [0, 0.05) is 12.1 Å². The van der Waals surface area contributed by atoms with Gasteiger partial charge in [0.15, 0.2) is 0 Å². The minimum atomic E-state index is 0. The Balaban J connectivity index is 0.00000169. The van der Waals surface area contributed by atoms with Crippen LogP contribution in [0.25, 0.3) is 5.57 Å². The Labute approximate surface area is 89.0 Å². The predicted octanol–water partition coefficient (Wildman–Crippen LogP) is 2.39. The lowest BCUT2D eigenvalue weighted by molar-refractivity contribution is 0.415. The molecular formula is C10H13ClFNO. The molecule has 0 spiro atoms. The molecule has 0 saturated carbocycles. The molecule has 0 bridgehead atoms. The van der Waals surface area contributed by atoms with Gasteiger partial charge in [-0.1, -0.05) is 12.1 Å². The van der Waals surface area contributed by atoms with Crippen molar-refractivity contribution in [1.82, 2.24) is 0 Å². The van der Waals surface area contributed by atoms with E-state index in [9.17, 15) is 4.39 Å². The Kier molecular flexibility index (Phi) is 5.92. The summed E-state index contributed by atoms with van der Waals surface area (Å²) in [7, 11) is 1.59. The summed E-state index contributed by atoms with van der Waals surface area (Å²) in [6.45, 7) is 0.197. The van der Waals surface area contributed by atoms with E-state index in [1.54, 1.807) is 31.4 Å². The largest absolute Gasteiger partial charge is 0.497 e. The van der Waals surface area contributed by atoms with Crippen molar-refractivity contribution in [2.24, 2.45) is 5.73 Å². The van der Waals surface area contributed by atoms with Gasteiger partial charge in [-0.3, -0.25) is 0 Å². The van der Waals surface area contributed by atoms with E-state index < -0.39 is 0 Å². The molecule has 14 heavy (non-hydrogen) atoms. The van der Waals surface area contributed by atoms with Crippen molar-refractivity contribution in [1.29, 1.82) is 0 Å². The van der Waals surface area contributed by atoms with Gasteiger partial charge in [0.25, 0.3) is 0 Å². The molecule has 2 N–H and O–H groups in total. The van der Waals surface area contributed by atoms with Crippen molar-refractivity contribution in [2.45, 2.75) is 0 Å². The molecule has 1 rings (SSSR count). The van der Waals surface area contributed by atoms with Crippen LogP contribution >= 0.6 is 12.4 Å². The Morgan fingerprint density at radius 1 is 1.43 bits per heavy atom. The molecule has 0 heterocycles. The predicted molar refractivity (Wildman–Crippen MR) is 58.4 cm³/mol. The molecule has 0 atom stereocenters. The molecule has 0 saturated heterocycles. The van der Waals surface area contributed by atoms with Gasteiger partial charge in [0.1, 0.15) is 5.75 Å². The minimum absolute atomic E-state index is 0. The van der Waals surface area contributed by atoms with E-state index in [4.69, 9.17) is 10.5 Å². The highest BCUT2D eigenvalue weighted by Crippen LogP contribution is 2.17. The molecular weight excluding hydrogens is 205 g/mol. The second kappa shape index (κ2) is 6.40.